The summed E-state index contributed by atoms with van der Waals surface area (Å²) in [4.78, 5) is 14.3. The molecule has 1 aromatic heterocycles. The second kappa shape index (κ2) is 9.98. The summed E-state index contributed by atoms with van der Waals surface area (Å²) in [5.74, 6) is 0.108. The maximum atomic E-state index is 10.5. The SMILES string of the molecule is CCOc1nc(C=O)cc(N)c1C#N.CNCc1ccccc1C. The molecule has 0 spiro atoms. The molecule has 0 unspecified atom stereocenters. The normalized spacial score (nSPS) is 9.42. The molecule has 6 heteroatoms. The zero-order valence-corrected chi connectivity index (χ0v) is 14.2. The number of hydrogen-bond acceptors (Lipinski definition) is 6. The molecule has 0 radical (unpaired) electrons. The van der Waals surface area contributed by atoms with Gasteiger partial charge in [-0.25, -0.2) is 4.98 Å². The van der Waals surface area contributed by atoms with E-state index in [4.69, 9.17) is 15.7 Å². The number of hydrogen-bond donors (Lipinski definition) is 2. The van der Waals surface area contributed by atoms with Gasteiger partial charge in [-0.3, -0.25) is 4.79 Å². The van der Waals surface area contributed by atoms with Gasteiger partial charge in [0, 0.05) is 6.54 Å². The highest BCUT2D eigenvalue weighted by molar-refractivity contribution is 5.76. The van der Waals surface area contributed by atoms with Gasteiger partial charge in [0.25, 0.3) is 0 Å². The van der Waals surface area contributed by atoms with Crippen LogP contribution in [0.1, 0.15) is 34.1 Å². The molecule has 0 fully saturated rings. The quantitative estimate of drug-likeness (QED) is 0.819. The number of benzene rings is 1. The van der Waals surface area contributed by atoms with Crippen LogP contribution in [-0.4, -0.2) is 24.9 Å². The van der Waals surface area contributed by atoms with Gasteiger partial charge in [-0.05, 0) is 38.1 Å². The molecule has 0 saturated heterocycles. The van der Waals surface area contributed by atoms with Gasteiger partial charge in [-0.15, -0.1) is 0 Å². The largest absolute Gasteiger partial charge is 0.477 e. The summed E-state index contributed by atoms with van der Waals surface area (Å²) >= 11 is 0. The highest BCUT2D eigenvalue weighted by atomic mass is 16.5. The fraction of sp³-hybridized carbons (Fsp3) is 0.278. The van der Waals surface area contributed by atoms with E-state index in [-0.39, 0.29) is 22.8 Å². The van der Waals surface area contributed by atoms with Crippen LogP contribution < -0.4 is 15.8 Å². The van der Waals surface area contributed by atoms with Crippen LogP contribution in [0.2, 0.25) is 0 Å². The van der Waals surface area contributed by atoms with Crippen molar-refractivity contribution in [2.75, 3.05) is 19.4 Å². The summed E-state index contributed by atoms with van der Waals surface area (Å²) < 4.78 is 5.08. The lowest BCUT2D eigenvalue weighted by atomic mass is 10.1. The number of pyridine rings is 1. The molecule has 126 valence electrons. The van der Waals surface area contributed by atoms with Gasteiger partial charge < -0.3 is 15.8 Å². The van der Waals surface area contributed by atoms with Gasteiger partial charge in [-0.1, -0.05) is 24.3 Å². The van der Waals surface area contributed by atoms with E-state index in [1.807, 2.05) is 13.1 Å². The minimum atomic E-state index is 0.108. The van der Waals surface area contributed by atoms with Gasteiger partial charge in [-0.2, -0.15) is 5.26 Å². The van der Waals surface area contributed by atoms with E-state index in [1.165, 1.54) is 17.2 Å². The Hall–Kier alpha value is -2.91. The third-order valence-corrected chi connectivity index (χ3v) is 3.18. The maximum Gasteiger partial charge on any atom is 0.234 e. The van der Waals surface area contributed by atoms with Gasteiger partial charge in [0.05, 0.1) is 12.3 Å². The van der Waals surface area contributed by atoms with Gasteiger partial charge >= 0.3 is 0 Å². The van der Waals surface area contributed by atoms with Gasteiger partial charge in [0.15, 0.2) is 6.29 Å². The van der Waals surface area contributed by atoms with Crippen molar-refractivity contribution in [3.8, 4) is 11.9 Å². The standard InChI is InChI=1S/C9H9N3O2.C9H13N/c1-2-14-9-7(4-10)8(11)3-6(5-13)12-9;1-8-5-3-4-6-9(8)7-10-2/h3,5H,2H2,1H3,(H2,11,12);3-6,10H,7H2,1-2H3. The summed E-state index contributed by atoms with van der Waals surface area (Å²) in [5.41, 5.74) is 8.80. The van der Waals surface area contributed by atoms with Crippen LogP contribution in [0.25, 0.3) is 0 Å². The Labute approximate surface area is 142 Å². The fourth-order valence-electron chi connectivity index (χ4n) is 1.97. The number of rotatable bonds is 5. The van der Waals surface area contributed by atoms with Crippen LogP contribution in [0.5, 0.6) is 5.88 Å². The van der Waals surface area contributed by atoms with E-state index < -0.39 is 0 Å². The molecule has 0 aliphatic heterocycles. The van der Waals surface area contributed by atoms with Crippen LogP contribution in [0.4, 0.5) is 5.69 Å². The molecular weight excluding hydrogens is 304 g/mol. The van der Waals surface area contributed by atoms with Crippen molar-refractivity contribution in [3.63, 3.8) is 0 Å². The Kier molecular flexibility index (Phi) is 7.96. The van der Waals surface area contributed by atoms with Crippen molar-refractivity contribution in [1.29, 1.82) is 5.26 Å². The van der Waals surface area contributed by atoms with E-state index in [2.05, 4.69) is 41.5 Å². The van der Waals surface area contributed by atoms with Crippen LogP contribution in [0.15, 0.2) is 30.3 Å². The Morgan fingerprint density at radius 2 is 2.12 bits per heavy atom. The molecule has 0 aliphatic carbocycles. The number of aryl methyl sites for hydroxylation is 1. The molecular formula is C18H22N4O2. The van der Waals surface area contributed by atoms with Crippen LogP contribution in [-0.2, 0) is 6.54 Å². The van der Waals surface area contributed by atoms with Crippen molar-refractivity contribution in [2.45, 2.75) is 20.4 Å². The average Bonchev–Trinajstić information content (AvgIpc) is 2.58. The second-order valence-electron chi connectivity index (χ2n) is 4.94. The molecule has 0 aliphatic rings. The minimum absolute atomic E-state index is 0.108. The highest BCUT2D eigenvalue weighted by Gasteiger charge is 2.10. The molecule has 0 atom stereocenters. The van der Waals surface area contributed by atoms with Crippen molar-refractivity contribution < 1.29 is 9.53 Å². The van der Waals surface area contributed by atoms with Crippen LogP contribution >= 0.6 is 0 Å². The lowest BCUT2D eigenvalue weighted by molar-refractivity contribution is 0.111. The predicted molar refractivity (Wildman–Crippen MR) is 93.9 cm³/mol. The summed E-state index contributed by atoms with van der Waals surface area (Å²) in [6.45, 7) is 5.22. The van der Waals surface area contributed by atoms with Crippen molar-refractivity contribution >= 4 is 12.0 Å². The molecule has 0 amide bonds. The number of nitrogens with zero attached hydrogens (tertiary/aromatic N) is 2. The molecule has 1 heterocycles. The van der Waals surface area contributed by atoms with E-state index >= 15 is 0 Å². The lowest BCUT2D eigenvalue weighted by Gasteiger charge is -2.06. The number of carbonyl (C=O) groups excluding carboxylic acids is 1. The Bertz CT molecular complexity index is 723. The molecule has 2 aromatic rings. The number of nitrogens with two attached hydrogens (primary N) is 1. The lowest BCUT2D eigenvalue weighted by Crippen LogP contribution is -2.05. The highest BCUT2D eigenvalue weighted by Crippen LogP contribution is 2.21. The fourth-order valence-corrected chi connectivity index (χ4v) is 1.97. The number of ether oxygens (including phenoxy) is 1. The molecule has 6 nitrogen and oxygen atoms in total. The monoisotopic (exact) mass is 326 g/mol. The van der Waals surface area contributed by atoms with E-state index in [9.17, 15) is 4.79 Å². The second-order valence-corrected chi connectivity index (χ2v) is 4.94. The first-order valence-electron chi connectivity index (χ1n) is 7.55. The van der Waals surface area contributed by atoms with E-state index in [0.29, 0.717) is 12.9 Å². The first-order valence-corrected chi connectivity index (χ1v) is 7.55. The maximum absolute atomic E-state index is 10.5. The number of aldehydes is 1. The van der Waals surface area contributed by atoms with Crippen molar-refractivity contribution in [1.82, 2.24) is 10.3 Å². The van der Waals surface area contributed by atoms with E-state index in [1.54, 1.807) is 6.92 Å². The van der Waals surface area contributed by atoms with Crippen LogP contribution in [0.3, 0.4) is 0 Å². The topological polar surface area (TPSA) is 101 Å². The number of aromatic nitrogens is 1. The molecule has 3 N–H and O–H groups in total. The predicted octanol–water partition coefficient (Wildman–Crippen LogP) is 2.46. The number of nitriles is 1. The van der Waals surface area contributed by atoms with E-state index in [0.717, 1.165) is 6.54 Å². The summed E-state index contributed by atoms with van der Waals surface area (Å²) in [7, 11) is 1.96. The zero-order chi connectivity index (χ0) is 17.9. The number of carbonyl (C=O) groups is 1. The summed E-state index contributed by atoms with van der Waals surface area (Å²) in [5, 5.41) is 11.9. The third kappa shape index (κ3) is 5.38. The molecule has 24 heavy (non-hydrogen) atoms. The molecule has 2 rings (SSSR count). The Balaban J connectivity index is 0.000000254. The first kappa shape index (κ1) is 19.1. The van der Waals surface area contributed by atoms with Gasteiger partial charge in [0.1, 0.15) is 17.3 Å². The molecule has 0 bridgehead atoms. The first-order chi connectivity index (χ1) is 11.6. The third-order valence-electron chi connectivity index (χ3n) is 3.18. The summed E-state index contributed by atoms with van der Waals surface area (Å²) in [6, 6.07) is 11.6. The Morgan fingerprint density at radius 1 is 1.42 bits per heavy atom. The number of anilines is 1. The summed E-state index contributed by atoms with van der Waals surface area (Å²) in [6.07, 6.45) is 0.556. The zero-order valence-electron chi connectivity index (χ0n) is 14.2. The molecule has 0 saturated carbocycles. The van der Waals surface area contributed by atoms with Gasteiger partial charge in [0.2, 0.25) is 5.88 Å². The Morgan fingerprint density at radius 3 is 2.67 bits per heavy atom. The van der Waals surface area contributed by atoms with Crippen LogP contribution in [0, 0.1) is 18.3 Å². The average molecular weight is 326 g/mol. The molecule has 1 aromatic carbocycles. The van der Waals surface area contributed by atoms with Crippen molar-refractivity contribution in [2.24, 2.45) is 0 Å². The number of nitrogens with one attached hydrogen (secondary N) is 1. The smallest absolute Gasteiger partial charge is 0.234 e. The number of nitrogen functional groups attached to an aromatic ring is 1. The van der Waals surface area contributed by atoms with Crippen molar-refractivity contribution in [3.05, 3.63) is 52.7 Å². The minimum Gasteiger partial charge on any atom is -0.477 e.